The number of benzene rings is 2. The second kappa shape index (κ2) is 46.8. The minimum Gasteiger partial charge on any atom is -0.0649 e. The number of hydrogen-bond donors (Lipinski definition) is 0. The van der Waals surface area contributed by atoms with Gasteiger partial charge in [-0.25, -0.2) is 0 Å². The summed E-state index contributed by atoms with van der Waals surface area (Å²) in [5.41, 5.74) is -0.513. The van der Waals surface area contributed by atoms with Crippen molar-refractivity contribution in [3.63, 3.8) is 0 Å². The third-order valence-electron chi connectivity index (χ3n) is 20.1. The highest BCUT2D eigenvalue weighted by Gasteiger charge is 2.30. The summed E-state index contributed by atoms with van der Waals surface area (Å²) in [5.74, 6) is 0.794. The van der Waals surface area contributed by atoms with E-state index in [-0.39, 0.29) is 60.5 Å². The van der Waals surface area contributed by atoms with E-state index in [1.165, 1.54) is 24.0 Å². The van der Waals surface area contributed by atoms with E-state index in [4.69, 9.17) is 28.8 Å². The Balaban J connectivity index is -0.000000131. The molecule has 0 aliphatic rings. The van der Waals surface area contributed by atoms with Gasteiger partial charge in [0, 0.05) is 28.8 Å². The predicted octanol–water partition coefficient (Wildman–Crippen LogP) is 35.1. The zero-order valence-corrected chi connectivity index (χ0v) is 74.8. The summed E-state index contributed by atoms with van der Waals surface area (Å²) >= 11 is 0. The minimum absolute atomic E-state index is 0.104. The lowest BCUT2D eigenvalue weighted by atomic mass is 9.71. The Labute approximate surface area is 635 Å². The van der Waals surface area contributed by atoms with Crippen LogP contribution >= 0.6 is 0 Å². The molecule has 0 saturated heterocycles. The smallest absolute Gasteiger partial charge is 0.0302 e. The Morgan fingerprint density at radius 2 is 0.372 bits per heavy atom. The molecule has 2 aromatic rings. The van der Waals surface area contributed by atoms with Gasteiger partial charge < -0.3 is 0 Å². The van der Waals surface area contributed by atoms with Crippen LogP contribution in [0.1, 0.15) is 479 Å². The predicted molar refractivity (Wildman–Crippen MR) is 452 cm³/mol. The molecule has 0 spiro atoms. The lowest BCUT2D eigenvalue weighted by Gasteiger charge is -2.34. The molecule has 0 bridgehead atoms. The SMILES string of the molecule is CC(C)(C)C(C)(C)C.CC[C@@H](C)c1ccccc1.CC[C@H](C)c1ccccc1.[2H]C(C)(C)C(C)(C)C.[2H]C(C)(C)C(C)(C)C.[2H]C([2H])(C)C(C)(C)C.[2H]C([2H])(C)C(C)(C)C.[2H]C([2H])([2H])C(C)(C)C(C)(C)C.[2H]C([2H])([2H])C(C)(C)C(C)(C)C.[2H]C([2H])([2H])C(C)(C)C(C)(C)C.[2H]C([2H])([2H])C(C)(C)C(C)(C)C.[2H]C([2H])([2H])C(C)(C)C(C)(C)C. The molecule has 0 saturated carbocycles. The van der Waals surface area contributed by atoms with Crippen LogP contribution in [0.3, 0.4) is 0 Å². The maximum atomic E-state index is 7.58. The van der Waals surface area contributed by atoms with Gasteiger partial charge in [0.25, 0.3) is 0 Å². The molecule has 2 aromatic carbocycles. The van der Waals surface area contributed by atoms with Gasteiger partial charge >= 0.3 is 0 Å². The van der Waals surface area contributed by atoms with E-state index in [0.717, 1.165) is 0 Å². The third-order valence-corrected chi connectivity index (χ3v) is 20.1. The van der Waals surface area contributed by atoms with Crippen molar-refractivity contribution >= 4 is 0 Å². The molecule has 0 unspecified atom stereocenters. The van der Waals surface area contributed by atoms with Crippen LogP contribution in [0.4, 0.5) is 0 Å². The van der Waals surface area contributed by atoms with E-state index in [9.17, 15) is 0 Å². The monoisotopic (exact) mass is 1350 g/mol. The second-order valence-electron chi connectivity index (χ2n) is 40.8. The first kappa shape index (κ1) is 72.2. The van der Waals surface area contributed by atoms with E-state index in [0.29, 0.717) is 22.7 Å². The summed E-state index contributed by atoms with van der Waals surface area (Å²) in [5, 5.41) is 0. The van der Waals surface area contributed by atoms with Crippen LogP contribution in [-0.2, 0) is 0 Å². The van der Waals surface area contributed by atoms with Gasteiger partial charge in [-0.05, 0) is 134 Å². The summed E-state index contributed by atoms with van der Waals surface area (Å²) in [6, 6.07) is 21.3. The van der Waals surface area contributed by atoms with E-state index in [1.54, 1.807) is 83.1 Å². The van der Waals surface area contributed by atoms with Crippen molar-refractivity contribution < 1.29 is 28.8 Å². The molecule has 0 aliphatic heterocycles. The quantitative estimate of drug-likeness (QED) is 0.286. The van der Waals surface area contributed by atoms with Gasteiger partial charge in [-0.15, -0.1) is 0 Å². The Bertz CT molecular complexity index is 2250. The minimum atomic E-state index is -1.87. The normalized spacial score (nSPS) is 18.0. The molecule has 0 heteroatoms. The van der Waals surface area contributed by atoms with Gasteiger partial charge in [-0.1, -0.05) is 475 Å². The molecule has 0 aromatic heterocycles. The first-order valence-electron chi connectivity index (χ1n) is 46.5. The molecule has 0 heterocycles. The zero-order chi connectivity index (χ0) is 97.3. The van der Waals surface area contributed by atoms with Crippen molar-refractivity contribution in [1.29, 1.82) is 0 Å². The van der Waals surface area contributed by atoms with Crippen LogP contribution in [0.5, 0.6) is 0 Å². The molecule has 0 fully saturated rings. The number of hydrogen-bond acceptors (Lipinski definition) is 0. The lowest BCUT2D eigenvalue weighted by molar-refractivity contribution is 0.157. The fourth-order valence-corrected chi connectivity index (χ4v) is 2.03. The molecule has 572 valence electrons. The van der Waals surface area contributed by atoms with Crippen LogP contribution < -0.4 is 0 Å². The maximum Gasteiger partial charge on any atom is 0.0302 e. The van der Waals surface area contributed by atoms with Crippen molar-refractivity contribution in [2.24, 2.45) is 98.4 Å². The average Bonchev–Trinajstić information content (AvgIpc) is 0.808. The van der Waals surface area contributed by atoms with E-state index >= 15 is 0 Å². The van der Waals surface area contributed by atoms with Crippen molar-refractivity contribution in [3.8, 4) is 0 Å². The van der Waals surface area contributed by atoms with Crippen LogP contribution in [0.15, 0.2) is 60.7 Å². The van der Waals surface area contributed by atoms with Gasteiger partial charge in [0.1, 0.15) is 0 Å². The maximum absolute atomic E-state index is 7.58. The highest BCUT2D eigenvalue weighted by atomic mass is 14.4. The largest absolute Gasteiger partial charge is 0.0649 e. The molecular formula is C94H196. The molecular weight excluding hydrogens is 1130 g/mol. The first-order valence-corrected chi connectivity index (χ1v) is 36.0. The van der Waals surface area contributed by atoms with Crippen molar-refractivity contribution in [2.75, 3.05) is 0 Å². The van der Waals surface area contributed by atoms with Gasteiger partial charge in [-0.2, -0.15) is 0 Å². The highest BCUT2D eigenvalue weighted by Crippen LogP contribution is 2.40. The summed E-state index contributed by atoms with van der Waals surface area (Å²) in [6.07, 6.45) is 0.327. The second-order valence-corrected chi connectivity index (χ2v) is 40.8. The molecule has 0 aliphatic carbocycles. The molecule has 0 amide bonds. The molecule has 2 rings (SSSR count). The number of rotatable bonds is 4. The summed E-state index contributed by atoms with van der Waals surface area (Å²) in [4.78, 5) is 0. The Morgan fingerprint density at radius 3 is 0.426 bits per heavy atom. The zero-order valence-electron chi connectivity index (χ0n) is 95.8. The summed E-state index contributed by atoms with van der Waals surface area (Å²) in [6.45, 7) is 95.4. The van der Waals surface area contributed by atoms with Crippen molar-refractivity contribution in [1.82, 2.24) is 0 Å². The molecule has 0 radical (unpaired) electrons. The highest BCUT2D eigenvalue weighted by molar-refractivity contribution is 5.19. The van der Waals surface area contributed by atoms with E-state index in [1.807, 2.05) is 173 Å². The molecule has 2 atom stereocenters. The Kier molecular flexibility index (Phi) is 36.0. The lowest BCUT2D eigenvalue weighted by Crippen LogP contribution is -2.25. The van der Waals surface area contributed by atoms with E-state index in [2.05, 4.69) is 171 Å². The molecule has 94 heavy (non-hydrogen) atoms. The van der Waals surface area contributed by atoms with Crippen LogP contribution in [-0.4, -0.2) is 0 Å². The van der Waals surface area contributed by atoms with E-state index < -0.39 is 74.1 Å². The topological polar surface area (TPSA) is 0 Å². The van der Waals surface area contributed by atoms with Gasteiger partial charge in [0.15, 0.2) is 0 Å². The summed E-state index contributed by atoms with van der Waals surface area (Å²) < 4.78 is 154. The Hall–Kier alpha value is -1.56. The van der Waals surface area contributed by atoms with Crippen LogP contribution in [0, 0.1) is 98.4 Å². The molecule has 0 N–H and O–H groups in total. The van der Waals surface area contributed by atoms with Crippen molar-refractivity contribution in [3.05, 3.63) is 71.8 Å². The fourth-order valence-electron chi connectivity index (χ4n) is 2.03. The molecule has 0 nitrogen and oxygen atoms in total. The summed E-state index contributed by atoms with van der Waals surface area (Å²) in [7, 11) is 0. The van der Waals surface area contributed by atoms with Crippen LogP contribution in [0.25, 0.3) is 0 Å². The first-order chi connectivity index (χ1) is 48.4. The standard InChI is InChI=1S/2C10H14.6C8H18.2C7H16.2C6H14/c2*1-3-9(2)10-7-5-4-6-8-10;6*1-7(2,3)8(4,5)6;2*1-6(2)7(3,4)5;2*1-5-6(2,3)4/h2*4-9H,3H2,1-2H3;6*1-6H3;2*6H,1-5H3;2*5H2,1-4H3/t2*9-;;;;;;;;;;/m10........../s1/i;;5*1D3;;2*6D;2*5D2. The van der Waals surface area contributed by atoms with Gasteiger partial charge in [0.05, 0.1) is 0 Å². The average molecular weight is 1350 g/mol. The van der Waals surface area contributed by atoms with Gasteiger partial charge in [0.2, 0.25) is 0 Å². The Morgan fingerprint density at radius 1 is 0.255 bits per heavy atom. The van der Waals surface area contributed by atoms with Crippen LogP contribution in [0.2, 0.25) is 0 Å². The fraction of sp³-hybridized carbons (Fsp3) is 0.872. The van der Waals surface area contributed by atoms with Crippen molar-refractivity contribution in [2.45, 2.75) is 439 Å². The van der Waals surface area contributed by atoms with Gasteiger partial charge in [-0.3, -0.25) is 0 Å². The third kappa shape index (κ3) is 74.7.